The second kappa shape index (κ2) is 4.94. The summed E-state index contributed by atoms with van der Waals surface area (Å²) in [6, 6.07) is 6.20. The Hall–Kier alpha value is -1.61. The second-order valence-electron chi connectivity index (χ2n) is 4.92. The molecule has 3 nitrogen and oxygen atoms in total. The lowest BCUT2D eigenvalue weighted by Gasteiger charge is -2.20. The molecule has 1 unspecified atom stereocenters. The van der Waals surface area contributed by atoms with Crippen molar-refractivity contribution in [1.29, 1.82) is 0 Å². The number of aliphatic hydroxyl groups is 1. The van der Waals surface area contributed by atoms with Gasteiger partial charge in [0.05, 0.1) is 6.10 Å². The van der Waals surface area contributed by atoms with Crippen LogP contribution in [0, 0.1) is 0 Å². The van der Waals surface area contributed by atoms with Gasteiger partial charge in [-0.25, -0.2) is 0 Å². The summed E-state index contributed by atoms with van der Waals surface area (Å²) in [5.74, 6) is 0. The molecular weight excluding hydrogens is 224 g/mol. The second-order valence-corrected chi connectivity index (χ2v) is 4.92. The molecule has 2 heterocycles. The van der Waals surface area contributed by atoms with Crippen molar-refractivity contribution in [2.45, 2.75) is 38.3 Å². The van der Waals surface area contributed by atoms with Gasteiger partial charge in [0.2, 0.25) is 0 Å². The molecule has 0 spiro atoms. The summed E-state index contributed by atoms with van der Waals surface area (Å²) < 4.78 is 2.29. The van der Waals surface area contributed by atoms with Gasteiger partial charge in [0.25, 0.3) is 0 Å². The zero-order valence-corrected chi connectivity index (χ0v) is 10.4. The summed E-state index contributed by atoms with van der Waals surface area (Å²) in [5.41, 5.74) is 3.77. The molecule has 0 saturated heterocycles. The minimum Gasteiger partial charge on any atom is -0.388 e. The Morgan fingerprint density at radius 1 is 1.28 bits per heavy atom. The van der Waals surface area contributed by atoms with E-state index in [1.807, 2.05) is 12.4 Å². The fourth-order valence-corrected chi connectivity index (χ4v) is 2.74. The highest BCUT2D eigenvalue weighted by atomic mass is 16.3. The molecule has 94 valence electrons. The first-order valence-electron chi connectivity index (χ1n) is 6.59. The van der Waals surface area contributed by atoms with Gasteiger partial charge in [-0.05, 0) is 49.4 Å². The van der Waals surface area contributed by atoms with Crippen LogP contribution in [-0.4, -0.2) is 14.7 Å². The molecule has 3 rings (SSSR count). The Bertz CT molecular complexity index is 519. The third-order valence-electron chi connectivity index (χ3n) is 3.75. The highest BCUT2D eigenvalue weighted by molar-refractivity contribution is 5.27. The summed E-state index contributed by atoms with van der Waals surface area (Å²) in [4.78, 5) is 4.03. The standard InChI is InChI=1S/C15H18N2O/c18-15-3-1-2-14-13(15)7-11-17(14)10-6-12-4-8-16-9-5-12/h4-5,7-9,11,15,18H,1-3,6,10H2. The fraction of sp³-hybridized carbons (Fsp3) is 0.400. The molecule has 0 aliphatic heterocycles. The quantitative estimate of drug-likeness (QED) is 0.898. The van der Waals surface area contributed by atoms with E-state index in [4.69, 9.17) is 0 Å². The van der Waals surface area contributed by atoms with Crippen molar-refractivity contribution < 1.29 is 5.11 Å². The third-order valence-corrected chi connectivity index (χ3v) is 3.75. The maximum Gasteiger partial charge on any atom is 0.0807 e. The molecule has 3 heteroatoms. The van der Waals surface area contributed by atoms with E-state index in [9.17, 15) is 5.11 Å². The fourth-order valence-electron chi connectivity index (χ4n) is 2.74. The Morgan fingerprint density at radius 2 is 2.11 bits per heavy atom. The van der Waals surface area contributed by atoms with Crippen LogP contribution in [0.25, 0.3) is 0 Å². The number of pyridine rings is 1. The normalized spacial score (nSPS) is 18.6. The van der Waals surface area contributed by atoms with Crippen LogP contribution >= 0.6 is 0 Å². The molecule has 2 aromatic rings. The number of fused-ring (bicyclic) bond motifs is 1. The minimum absolute atomic E-state index is 0.254. The molecule has 0 amide bonds. The molecule has 0 radical (unpaired) electrons. The largest absolute Gasteiger partial charge is 0.388 e. The van der Waals surface area contributed by atoms with Crippen LogP contribution in [0.4, 0.5) is 0 Å². The topological polar surface area (TPSA) is 38.0 Å². The zero-order valence-electron chi connectivity index (χ0n) is 10.4. The van der Waals surface area contributed by atoms with Crippen LogP contribution in [0.15, 0.2) is 36.8 Å². The van der Waals surface area contributed by atoms with Crippen LogP contribution in [0.2, 0.25) is 0 Å². The van der Waals surface area contributed by atoms with Gasteiger partial charge in [-0.1, -0.05) is 0 Å². The first-order valence-corrected chi connectivity index (χ1v) is 6.59. The molecule has 1 aliphatic rings. The number of aryl methyl sites for hydroxylation is 2. The van der Waals surface area contributed by atoms with Gasteiger partial charge in [-0.2, -0.15) is 0 Å². The smallest absolute Gasteiger partial charge is 0.0807 e. The highest BCUT2D eigenvalue weighted by Crippen LogP contribution is 2.30. The van der Waals surface area contributed by atoms with E-state index in [0.717, 1.165) is 37.8 Å². The van der Waals surface area contributed by atoms with Crippen molar-refractivity contribution in [3.05, 3.63) is 53.6 Å². The Kier molecular flexibility index (Phi) is 3.15. The Balaban J connectivity index is 1.74. The van der Waals surface area contributed by atoms with Gasteiger partial charge < -0.3 is 9.67 Å². The van der Waals surface area contributed by atoms with E-state index in [2.05, 4.69) is 33.9 Å². The molecule has 2 aromatic heterocycles. The van der Waals surface area contributed by atoms with Crippen molar-refractivity contribution in [3.8, 4) is 0 Å². The van der Waals surface area contributed by atoms with Crippen LogP contribution in [-0.2, 0) is 19.4 Å². The first-order chi connectivity index (χ1) is 8.84. The minimum atomic E-state index is -0.254. The predicted octanol–water partition coefficient (Wildman–Crippen LogP) is 2.50. The van der Waals surface area contributed by atoms with Crippen LogP contribution < -0.4 is 0 Å². The average molecular weight is 242 g/mol. The van der Waals surface area contributed by atoms with E-state index < -0.39 is 0 Å². The number of nitrogens with zero attached hydrogens (tertiary/aromatic N) is 2. The number of aromatic nitrogens is 2. The van der Waals surface area contributed by atoms with Crippen molar-refractivity contribution in [2.24, 2.45) is 0 Å². The number of aliphatic hydroxyl groups excluding tert-OH is 1. The summed E-state index contributed by atoms with van der Waals surface area (Å²) in [7, 11) is 0. The summed E-state index contributed by atoms with van der Waals surface area (Å²) in [5, 5.41) is 9.94. The van der Waals surface area contributed by atoms with Gasteiger partial charge in [0.15, 0.2) is 0 Å². The lowest BCUT2D eigenvalue weighted by atomic mass is 9.95. The third kappa shape index (κ3) is 2.18. The van der Waals surface area contributed by atoms with E-state index in [1.165, 1.54) is 11.3 Å². The van der Waals surface area contributed by atoms with E-state index in [0.29, 0.717) is 0 Å². The zero-order chi connectivity index (χ0) is 12.4. The van der Waals surface area contributed by atoms with Crippen molar-refractivity contribution in [1.82, 2.24) is 9.55 Å². The van der Waals surface area contributed by atoms with Gasteiger partial charge in [0.1, 0.15) is 0 Å². The molecule has 1 N–H and O–H groups in total. The van der Waals surface area contributed by atoms with Gasteiger partial charge in [0, 0.05) is 36.4 Å². The molecule has 0 aromatic carbocycles. The monoisotopic (exact) mass is 242 g/mol. The van der Waals surface area contributed by atoms with Gasteiger partial charge >= 0.3 is 0 Å². The van der Waals surface area contributed by atoms with Crippen molar-refractivity contribution in [2.75, 3.05) is 0 Å². The molecule has 1 atom stereocenters. The van der Waals surface area contributed by atoms with E-state index in [-0.39, 0.29) is 6.10 Å². The molecule has 0 bridgehead atoms. The highest BCUT2D eigenvalue weighted by Gasteiger charge is 2.20. The lowest BCUT2D eigenvalue weighted by molar-refractivity contribution is 0.155. The van der Waals surface area contributed by atoms with E-state index >= 15 is 0 Å². The lowest BCUT2D eigenvalue weighted by Crippen LogP contribution is -2.12. The predicted molar refractivity (Wildman–Crippen MR) is 70.3 cm³/mol. The van der Waals surface area contributed by atoms with Crippen LogP contribution in [0.3, 0.4) is 0 Å². The molecule has 0 saturated carbocycles. The first kappa shape index (κ1) is 11.5. The maximum absolute atomic E-state index is 9.94. The Morgan fingerprint density at radius 3 is 2.94 bits per heavy atom. The number of hydrogen-bond acceptors (Lipinski definition) is 2. The summed E-state index contributed by atoms with van der Waals surface area (Å²) in [6.45, 7) is 0.978. The SMILES string of the molecule is OC1CCCc2c1ccn2CCc1ccncc1. The summed E-state index contributed by atoms with van der Waals surface area (Å²) in [6.07, 6.45) is 9.63. The van der Waals surface area contributed by atoms with Crippen LogP contribution in [0.5, 0.6) is 0 Å². The van der Waals surface area contributed by atoms with Gasteiger partial charge in [-0.3, -0.25) is 4.98 Å². The molecular formula is C15H18N2O. The van der Waals surface area contributed by atoms with E-state index in [1.54, 1.807) is 0 Å². The average Bonchev–Trinajstić information content (AvgIpc) is 2.82. The number of rotatable bonds is 3. The maximum atomic E-state index is 9.94. The van der Waals surface area contributed by atoms with Gasteiger partial charge in [-0.15, -0.1) is 0 Å². The summed E-state index contributed by atoms with van der Waals surface area (Å²) >= 11 is 0. The van der Waals surface area contributed by atoms with Crippen molar-refractivity contribution >= 4 is 0 Å². The Labute approximate surface area is 107 Å². The molecule has 0 fully saturated rings. The molecule has 18 heavy (non-hydrogen) atoms. The van der Waals surface area contributed by atoms with Crippen LogP contribution in [0.1, 0.15) is 35.8 Å². The molecule has 1 aliphatic carbocycles. The van der Waals surface area contributed by atoms with Crippen molar-refractivity contribution in [3.63, 3.8) is 0 Å². The number of hydrogen-bond donors (Lipinski definition) is 1.